The van der Waals surface area contributed by atoms with Crippen LogP contribution in [0.15, 0.2) is 24.3 Å². The number of alkyl halides is 2. The molecule has 128 valence electrons. The number of nitrogens with one attached hydrogen (secondary N) is 1. The van der Waals surface area contributed by atoms with Crippen LogP contribution in [0.3, 0.4) is 0 Å². The van der Waals surface area contributed by atoms with E-state index < -0.39 is 42.0 Å². The summed E-state index contributed by atoms with van der Waals surface area (Å²) in [5, 5.41) is 12.2. The minimum Gasteiger partial charge on any atom is -0.465 e. The van der Waals surface area contributed by atoms with Crippen molar-refractivity contribution >= 4 is 12.0 Å². The largest absolute Gasteiger partial charge is 0.465 e. The van der Waals surface area contributed by atoms with Crippen molar-refractivity contribution in [2.45, 2.75) is 49.1 Å². The van der Waals surface area contributed by atoms with Gasteiger partial charge in [0.1, 0.15) is 11.1 Å². The van der Waals surface area contributed by atoms with Crippen molar-refractivity contribution in [2.75, 3.05) is 6.54 Å². The zero-order valence-corrected chi connectivity index (χ0v) is 13.0. The number of fused-ring (bicyclic) bond motifs is 2. The second kappa shape index (κ2) is 4.68. The maximum Gasteiger partial charge on any atom is 0.408 e. The molecule has 2 fully saturated rings. The van der Waals surface area contributed by atoms with E-state index >= 15 is 0 Å². The van der Waals surface area contributed by atoms with Crippen molar-refractivity contribution in [1.29, 1.82) is 0 Å². The van der Waals surface area contributed by atoms with Gasteiger partial charge in [-0.25, -0.2) is 13.6 Å². The molecule has 4 rings (SSSR count). The number of nitrogens with zero attached hydrogens (tertiary/aromatic N) is 1. The van der Waals surface area contributed by atoms with E-state index in [1.54, 1.807) is 24.3 Å². The number of rotatable bonds is 0. The molecule has 1 aromatic carbocycles. The molecule has 0 bridgehead atoms. The summed E-state index contributed by atoms with van der Waals surface area (Å²) in [5.74, 6) is -3.83. The standard InChI is InChI=1S/C17H18F2N2O3/c18-17(19)9-11-5-1-2-6-12(11)16(17)10-21(14(23)24)15(13(22)20-16)7-3-4-8-15/h1-2,5-6H,3-4,7-10H2,(H,20,22)(H,23,24). The third-order valence-corrected chi connectivity index (χ3v) is 5.84. The molecule has 1 saturated heterocycles. The third-order valence-electron chi connectivity index (χ3n) is 5.84. The Hall–Kier alpha value is -2.18. The fourth-order valence-corrected chi connectivity index (χ4v) is 4.61. The van der Waals surface area contributed by atoms with Crippen molar-refractivity contribution in [3.63, 3.8) is 0 Å². The molecule has 2 amide bonds. The predicted molar refractivity (Wildman–Crippen MR) is 80.8 cm³/mol. The summed E-state index contributed by atoms with van der Waals surface area (Å²) in [6, 6.07) is 6.48. The molecule has 1 atom stereocenters. The van der Waals surface area contributed by atoms with Gasteiger partial charge < -0.3 is 10.4 Å². The molecule has 7 heteroatoms. The van der Waals surface area contributed by atoms with Gasteiger partial charge in [0.25, 0.3) is 5.92 Å². The fraction of sp³-hybridized carbons (Fsp3) is 0.529. The van der Waals surface area contributed by atoms with Crippen LogP contribution in [0.2, 0.25) is 0 Å². The summed E-state index contributed by atoms with van der Waals surface area (Å²) < 4.78 is 29.9. The van der Waals surface area contributed by atoms with Crippen LogP contribution in [0.4, 0.5) is 13.6 Å². The lowest BCUT2D eigenvalue weighted by Crippen LogP contribution is -2.75. The van der Waals surface area contributed by atoms with Gasteiger partial charge in [0, 0.05) is 6.42 Å². The van der Waals surface area contributed by atoms with Crippen LogP contribution >= 0.6 is 0 Å². The number of hydrogen-bond acceptors (Lipinski definition) is 2. The Morgan fingerprint density at radius 3 is 2.54 bits per heavy atom. The summed E-state index contributed by atoms with van der Waals surface area (Å²) in [5.41, 5.74) is -2.41. The quantitative estimate of drug-likeness (QED) is 0.765. The first-order valence-corrected chi connectivity index (χ1v) is 8.12. The van der Waals surface area contributed by atoms with Crippen LogP contribution in [0.5, 0.6) is 0 Å². The molecule has 0 radical (unpaired) electrons. The van der Waals surface area contributed by atoms with E-state index in [-0.39, 0.29) is 0 Å². The maximum atomic E-state index is 14.9. The fourth-order valence-electron chi connectivity index (χ4n) is 4.61. The van der Waals surface area contributed by atoms with Crippen LogP contribution in [0.25, 0.3) is 0 Å². The summed E-state index contributed by atoms with van der Waals surface area (Å²) in [4.78, 5) is 25.6. The van der Waals surface area contributed by atoms with Gasteiger partial charge in [0.15, 0.2) is 0 Å². The molecule has 5 nitrogen and oxygen atoms in total. The van der Waals surface area contributed by atoms with E-state index in [4.69, 9.17) is 0 Å². The Kier molecular flexibility index (Phi) is 2.99. The van der Waals surface area contributed by atoms with Gasteiger partial charge in [-0.05, 0) is 24.0 Å². The van der Waals surface area contributed by atoms with Gasteiger partial charge in [0.05, 0.1) is 6.54 Å². The highest BCUT2D eigenvalue weighted by Gasteiger charge is 2.68. The highest BCUT2D eigenvalue weighted by atomic mass is 19.3. The lowest BCUT2D eigenvalue weighted by molar-refractivity contribution is -0.159. The highest BCUT2D eigenvalue weighted by Crippen LogP contribution is 2.52. The number of carbonyl (C=O) groups is 2. The van der Waals surface area contributed by atoms with E-state index in [1.807, 2.05) is 0 Å². The van der Waals surface area contributed by atoms with Gasteiger partial charge in [0.2, 0.25) is 5.91 Å². The van der Waals surface area contributed by atoms with Crippen LogP contribution in [-0.2, 0) is 16.8 Å². The lowest BCUT2D eigenvalue weighted by atomic mass is 9.80. The van der Waals surface area contributed by atoms with Crippen molar-refractivity contribution in [3.8, 4) is 0 Å². The van der Waals surface area contributed by atoms with Gasteiger partial charge >= 0.3 is 6.09 Å². The van der Waals surface area contributed by atoms with E-state index in [0.717, 1.165) is 17.7 Å². The molecule has 2 aliphatic carbocycles. The van der Waals surface area contributed by atoms with Gasteiger partial charge in [-0.1, -0.05) is 37.1 Å². The summed E-state index contributed by atoms with van der Waals surface area (Å²) >= 11 is 0. The molecule has 1 saturated carbocycles. The van der Waals surface area contributed by atoms with Crippen LogP contribution < -0.4 is 5.32 Å². The van der Waals surface area contributed by atoms with E-state index in [9.17, 15) is 23.5 Å². The SMILES string of the molecule is O=C(O)N1CC2(NC(=O)C13CCCC3)c1ccccc1CC2(F)F. The van der Waals surface area contributed by atoms with Crippen LogP contribution in [-0.4, -0.2) is 40.0 Å². The van der Waals surface area contributed by atoms with Crippen molar-refractivity contribution in [2.24, 2.45) is 0 Å². The van der Waals surface area contributed by atoms with Crippen LogP contribution in [0.1, 0.15) is 36.8 Å². The van der Waals surface area contributed by atoms with Gasteiger partial charge in [-0.15, -0.1) is 0 Å². The minimum absolute atomic E-state index is 0.322. The lowest BCUT2D eigenvalue weighted by Gasteiger charge is -2.51. The number of carbonyl (C=O) groups excluding carboxylic acids is 1. The summed E-state index contributed by atoms with van der Waals surface area (Å²) in [6.45, 7) is -0.419. The number of piperazine rings is 1. The number of benzene rings is 1. The second-order valence-corrected chi connectivity index (χ2v) is 7.01. The predicted octanol–water partition coefficient (Wildman–Crippen LogP) is 2.50. The monoisotopic (exact) mass is 336 g/mol. The number of amides is 2. The van der Waals surface area contributed by atoms with Crippen molar-refractivity contribution in [3.05, 3.63) is 35.4 Å². The Bertz CT molecular complexity index is 730. The topological polar surface area (TPSA) is 69.6 Å². The Labute approximate surface area is 137 Å². The molecule has 1 heterocycles. The number of hydrogen-bond donors (Lipinski definition) is 2. The van der Waals surface area contributed by atoms with Gasteiger partial charge in [-0.3, -0.25) is 9.69 Å². The molecular weight excluding hydrogens is 318 g/mol. The molecule has 24 heavy (non-hydrogen) atoms. The van der Waals surface area contributed by atoms with E-state index in [2.05, 4.69) is 5.32 Å². The zero-order valence-electron chi connectivity index (χ0n) is 13.0. The summed E-state index contributed by atoms with van der Waals surface area (Å²) in [7, 11) is 0. The van der Waals surface area contributed by atoms with E-state index in [1.165, 1.54) is 0 Å². The van der Waals surface area contributed by atoms with Crippen LogP contribution in [0, 0.1) is 0 Å². The Morgan fingerprint density at radius 2 is 1.88 bits per heavy atom. The molecule has 1 unspecified atom stereocenters. The van der Waals surface area contributed by atoms with Crippen molar-refractivity contribution in [1.82, 2.24) is 10.2 Å². The van der Waals surface area contributed by atoms with E-state index in [0.29, 0.717) is 24.0 Å². The first kappa shape index (κ1) is 15.4. The molecule has 1 aromatic rings. The Balaban J connectivity index is 1.86. The average Bonchev–Trinajstić information content (AvgIpc) is 3.07. The molecule has 2 spiro atoms. The molecule has 0 aromatic heterocycles. The first-order chi connectivity index (χ1) is 11.3. The highest BCUT2D eigenvalue weighted by molar-refractivity contribution is 5.92. The summed E-state index contributed by atoms with van der Waals surface area (Å²) in [6.07, 6.45) is 0.396. The zero-order chi connectivity index (χ0) is 17.2. The maximum absolute atomic E-state index is 14.9. The number of halogens is 2. The average molecular weight is 336 g/mol. The van der Waals surface area contributed by atoms with Gasteiger partial charge in [-0.2, -0.15) is 0 Å². The first-order valence-electron chi connectivity index (χ1n) is 8.12. The smallest absolute Gasteiger partial charge is 0.408 e. The second-order valence-electron chi connectivity index (χ2n) is 7.01. The molecular formula is C17H18F2N2O3. The molecule has 1 aliphatic heterocycles. The molecule has 2 N–H and O–H groups in total. The third kappa shape index (κ3) is 1.72. The molecule has 3 aliphatic rings. The minimum atomic E-state index is -3.24. The number of carboxylic acid groups (broad SMARTS) is 1. The van der Waals surface area contributed by atoms with Crippen molar-refractivity contribution < 1.29 is 23.5 Å². The Morgan fingerprint density at radius 1 is 1.21 bits per heavy atom. The normalized spacial score (nSPS) is 29.8.